The van der Waals surface area contributed by atoms with Crippen LogP contribution in [0.3, 0.4) is 0 Å². The fraction of sp³-hybridized carbons (Fsp3) is 0.846. The van der Waals surface area contributed by atoms with Gasteiger partial charge in [-0.15, -0.1) is 0 Å². The molecule has 0 heterocycles. The fourth-order valence-corrected chi connectivity index (χ4v) is 0.973. The zero-order valence-corrected chi connectivity index (χ0v) is 12.4. The molecule has 0 saturated carbocycles. The molecular formula is C13H26O7. The van der Waals surface area contributed by atoms with Crippen LogP contribution in [0.25, 0.3) is 0 Å². The quantitative estimate of drug-likeness (QED) is 0.518. The van der Waals surface area contributed by atoms with Gasteiger partial charge in [0.05, 0.1) is 25.4 Å². The lowest BCUT2D eigenvalue weighted by molar-refractivity contribution is -0.139. The lowest BCUT2D eigenvalue weighted by Gasteiger charge is -2.13. The van der Waals surface area contributed by atoms with Crippen LogP contribution in [0, 0.1) is 0 Å². The molecule has 7 heteroatoms. The Morgan fingerprint density at radius 3 is 1.75 bits per heavy atom. The van der Waals surface area contributed by atoms with E-state index in [1.807, 2.05) is 13.8 Å². The minimum Gasteiger partial charge on any atom is -0.481 e. The van der Waals surface area contributed by atoms with Gasteiger partial charge in [0.25, 0.3) is 0 Å². The van der Waals surface area contributed by atoms with Crippen molar-refractivity contribution in [2.24, 2.45) is 0 Å². The molecule has 0 bridgehead atoms. The lowest BCUT2D eigenvalue weighted by Crippen LogP contribution is -2.21. The molecule has 0 aliphatic carbocycles. The maximum absolute atomic E-state index is 9.90. The molecule has 0 saturated heterocycles. The molecule has 0 spiro atoms. The maximum Gasteiger partial charge on any atom is 0.303 e. The van der Waals surface area contributed by atoms with E-state index < -0.39 is 11.9 Å². The van der Waals surface area contributed by atoms with Gasteiger partial charge in [0, 0.05) is 20.0 Å². The molecule has 0 aromatic rings. The minimum absolute atomic E-state index is 0.0628. The standard InChI is InChI=1S/C7H16O3.C6H10O4/c1-6(4-8)10-5-7(2)9-3;7-5(8)3-1-2-4-6(9)10/h6-8H,4-5H2,1-3H3;1-4H2,(H,7,8)(H,9,10). The van der Waals surface area contributed by atoms with Gasteiger partial charge in [-0.2, -0.15) is 0 Å². The Hall–Kier alpha value is -1.18. The largest absolute Gasteiger partial charge is 0.481 e. The zero-order valence-electron chi connectivity index (χ0n) is 12.4. The number of aliphatic carboxylic acids is 2. The van der Waals surface area contributed by atoms with Crippen molar-refractivity contribution in [3.63, 3.8) is 0 Å². The van der Waals surface area contributed by atoms with Crippen molar-refractivity contribution in [3.8, 4) is 0 Å². The number of carboxylic acids is 2. The second-order valence-electron chi connectivity index (χ2n) is 4.37. The Morgan fingerprint density at radius 2 is 1.45 bits per heavy atom. The number of unbranched alkanes of at least 4 members (excludes halogenated alkanes) is 1. The molecule has 0 aromatic heterocycles. The van der Waals surface area contributed by atoms with Crippen molar-refractivity contribution >= 4 is 11.9 Å². The van der Waals surface area contributed by atoms with Gasteiger partial charge in [0.2, 0.25) is 0 Å². The number of methoxy groups -OCH3 is 1. The van der Waals surface area contributed by atoms with Crippen LogP contribution in [0.2, 0.25) is 0 Å². The summed E-state index contributed by atoms with van der Waals surface area (Å²) in [6.45, 7) is 4.35. The van der Waals surface area contributed by atoms with Crippen LogP contribution >= 0.6 is 0 Å². The third-order valence-electron chi connectivity index (χ3n) is 2.31. The van der Waals surface area contributed by atoms with Crippen molar-refractivity contribution in [3.05, 3.63) is 0 Å². The molecule has 0 rings (SSSR count). The average Bonchev–Trinajstić information content (AvgIpc) is 2.40. The molecule has 7 nitrogen and oxygen atoms in total. The second kappa shape index (κ2) is 14.2. The molecule has 0 aliphatic rings. The van der Waals surface area contributed by atoms with Crippen LogP contribution in [0.1, 0.15) is 39.5 Å². The van der Waals surface area contributed by atoms with Crippen molar-refractivity contribution in [1.29, 1.82) is 0 Å². The van der Waals surface area contributed by atoms with E-state index in [1.165, 1.54) is 0 Å². The van der Waals surface area contributed by atoms with Gasteiger partial charge in [-0.1, -0.05) is 0 Å². The summed E-state index contributed by atoms with van der Waals surface area (Å²) in [6.07, 6.45) is 1.04. The number of hydrogen-bond acceptors (Lipinski definition) is 5. The summed E-state index contributed by atoms with van der Waals surface area (Å²) in [5, 5.41) is 24.8. The van der Waals surface area contributed by atoms with Crippen molar-refractivity contribution in [2.75, 3.05) is 20.3 Å². The van der Waals surface area contributed by atoms with Crippen LogP contribution in [0.5, 0.6) is 0 Å². The highest BCUT2D eigenvalue weighted by Gasteiger charge is 2.03. The van der Waals surface area contributed by atoms with Gasteiger partial charge < -0.3 is 24.8 Å². The van der Waals surface area contributed by atoms with Gasteiger partial charge in [-0.25, -0.2) is 0 Å². The van der Waals surface area contributed by atoms with Gasteiger partial charge in [-0.05, 0) is 26.7 Å². The molecule has 2 unspecified atom stereocenters. The average molecular weight is 294 g/mol. The topological polar surface area (TPSA) is 113 Å². The smallest absolute Gasteiger partial charge is 0.303 e. The third kappa shape index (κ3) is 19.2. The highest BCUT2D eigenvalue weighted by molar-refractivity contribution is 5.67. The summed E-state index contributed by atoms with van der Waals surface area (Å²) in [5.74, 6) is -1.74. The molecule has 2 atom stereocenters. The molecule has 3 N–H and O–H groups in total. The summed E-state index contributed by atoms with van der Waals surface area (Å²) in [5.41, 5.74) is 0. The number of hydrogen-bond donors (Lipinski definition) is 3. The highest BCUT2D eigenvalue weighted by atomic mass is 16.5. The summed E-state index contributed by atoms with van der Waals surface area (Å²) >= 11 is 0. The van der Waals surface area contributed by atoms with Crippen molar-refractivity contribution in [1.82, 2.24) is 0 Å². The molecule has 0 amide bonds. The number of aliphatic hydroxyl groups is 1. The first-order valence-electron chi connectivity index (χ1n) is 6.52. The first-order valence-corrected chi connectivity index (χ1v) is 6.52. The van der Waals surface area contributed by atoms with E-state index in [9.17, 15) is 9.59 Å². The first-order chi connectivity index (χ1) is 9.33. The predicted molar refractivity (Wildman–Crippen MR) is 72.7 cm³/mol. The Morgan fingerprint density at radius 1 is 1.00 bits per heavy atom. The molecule has 20 heavy (non-hydrogen) atoms. The molecule has 0 aliphatic heterocycles. The second-order valence-corrected chi connectivity index (χ2v) is 4.37. The molecular weight excluding hydrogens is 268 g/mol. The number of rotatable bonds is 10. The van der Waals surface area contributed by atoms with Crippen molar-refractivity contribution < 1.29 is 34.4 Å². The van der Waals surface area contributed by atoms with Gasteiger partial charge >= 0.3 is 11.9 Å². The number of carbonyl (C=O) groups is 2. The zero-order chi connectivity index (χ0) is 16.0. The van der Waals surface area contributed by atoms with E-state index in [0.29, 0.717) is 19.4 Å². The lowest BCUT2D eigenvalue weighted by atomic mass is 10.2. The molecule has 120 valence electrons. The van der Waals surface area contributed by atoms with E-state index in [-0.39, 0.29) is 31.7 Å². The monoisotopic (exact) mass is 294 g/mol. The van der Waals surface area contributed by atoms with Crippen LogP contribution < -0.4 is 0 Å². The van der Waals surface area contributed by atoms with E-state index >= 15 is 0 Å². The van der Waals surface area contributed by atoms with Crippen molar-refractivity contribution in [2.45, 2.75) is 51.7 Å². The summed E-state index contributed by atoms with van der Waals surface area (Å²) in [6, 6.07) is 0. The number of carboxylic acid groups (broad SMARTS) is 2. The first kappa shape index (κ1) is 21.1. The van der Waals surface area contributed by atoms with E-state index in [0.717, 1.165) is 0 Å². The van der Waals surface area contributed by atoms with Crippen LogP contribution in [0.15, 0.2) is 0 Å². The van der Waals surface area contributed by atoms with Crippen LogP contribution in [-0.2, 0) is 19.1 Å². The summed E-state index contributed by atoms with van der Waals surface area (Å²) < 4.78 is 10.1. The van der Waals surface area contributed by atoms with Crippen LogP contribution in [0.4, 0.5) is 0 Å². The SMILES string of the molecule is COC(C)COC(C)CO.O=C(O)CCCCC(=O)O. The Balaban J connectivity index is 0. The molecule has 0 aromatic carbocycles. The molecule has 0 radical (unpaired) electrons. The van der Waals surface area contributed by atoms with Gasteiger partial charge in [0.1, 0.15) is 0 Å². The fourth-order valence-electron chi connectivity index (χ4n) is 0.973. The predicted octanol–water partition coefficient (Wildman–Crippen LogP) is 1.13. The Bertz CT molecular complexity index is 229. The Kier molecular flexibility index (Phi) is 15.0. The third-order valence-corrected chi connectivity index (χ3v) is 2.31. The maximum atomic E-state index is 9.90. The van der Waals surface area contributed by atoms with Gasteiger partial charge in [-0.3, -0.25) is 9.59 Å². The minimum atomic E-state index is -0.870. The summed E-state index contributed by atoms with van der Waals surface area (Å²) in [7, 11) is 1.64. The highest BCUT2D eigenvalue weighted by Crippen LogP contribution is 1.98. The van der Waals surface area contributed by atoms with Crippen LogP contribution in [-0.4, -0.2) is 59.8 Å². The summed E-state index contributed by atoms with van der Waals surface area (Å²) in [4.78, 5) is 19.8. The van der Waals surface area contributed by atoms with E-state index in [4.69, 9.17) is 24.8 Å². The van der Waals surface area contributed by atoms with E-state index in [2.05, 4.69) is 0 Å². The Labute approximate surface area is 119 Å². The number of aliphatic hydroxyl groups excluding tert-OH is 1. The van der Waals surface area contributed by atoms with Gasteiger partial charge in [0.15, 0.2) is 0 Å². The number of ether oxygens (including phenoxy) is 2. The molecule has 0 fully saturated rings. The van der Waals surface area contributed by atoms with E-state index in [1.54, 1.807) is 7.11 Å². The normalized spacial score (nSPS) is 13.0.